The van der Waals surface area contributed by atoms with Crippen molar-refractivity contribution in [2.45, 2.75) is 45.2 Å². The molecule has 0 radical (unpaired) electrons. The predicted molar refractivity (Wildman–Crippen MR) is 133 cm³/mol. The van der Waals surface area contributed by atoms with Crippen LogP contribution in [-0.4, -0.2) is 26.8 Å². The molecule has 2 aromatic carbocycles. The van der Waals surface area contributed by atoms with Crippen LogP contribution in [0.15, 0.2) is 41.2 Å². The second-order valence-electron chi connectivity index (χ2n) is 8.88. The lowest BCUT2D eigenvalue weighted by Crippen LogP contribution is -2.37. The third kappa shape index (κ3) is 5.59. The molecule has 1 heterocycles. The summed E-state index contributed by atoms with van der Waals surface area (Å²) in [7, 11) is 0. The number of carboxylic acids is 1. The van der Waals surface area contributed by atoms with Crippen molar-refractivity contribution in [3.8, 4) is 5.75 Å². The van der Waals surface area contributed by atoms with Crippen LogP contribution in [0.5, 0.6) is 5.75 Å². The van der Waals surface area contributed by atoms with E-state index in [1.54, 1.807) is 12.1 Å². The van der Waals surface area contributed by atoms with E-state index < -0.39 is 41.7 Å². The van der Waals surface area contributed by atoms with Gasteiger partial charge < -0.3 is 25.4 Å². The number of pyridine rings is 1. The molecule has 1 aliphatic rings. The number of anilines is 1. The largest absolute Gasteiger partial charge is 0.505 e. The maximum absolute atomic E-state index is 13.7. The molecule has 194 valence electrons. The first-order valence-corrected chi connectivity index (χ1v) is 11.9. The van der Waals surface area contributed by atoms with E-state index in [0.717, 1.165) is 23.3 Å². The lowest BCUT2D eigenvalue weighted by Gasteiger charge is -2.21. The minimum atomic E-state index is -1.33. The van der Waals surface area contributed by atoms with Crippen LogP contribution in [0.4, 0.5) is 19.3 Å². The van der Waals surface area contributed by atoms with Crippen LogP contribution < -0.4 is 16.2 Å². The molecule has 1 aliphatic carbocycles. The second-order valence-corrected chi connectivity index (χ2v) is 9.29. The van der Waals surface area contributed by atoms with Crippen molar-refractivity contribution in [3.05, 3.63) is 91.4 Å². The van der Waals surface area contributed by atoms with Gasteiger partial charge in [0, 0.05) is 22.3 Å². The summed E-state index contributed by atoms with van der Waals surface area (Å²) >= 11 is 6.37. The van der Waals surface area contributed by atoms with Crippen molar-refractivity contribution in [1.29, 1.82) is 0 Å². The number of carboxylic acid groups (broad SMARTS) is 1. The first kappa shape index (κ1) is 26.2. The molecule has 2 amide bonds. The van der Waals surface area contributed by atoms with Crippen molar-refractivity contribution in [3.63, 3.8) is 0 Å². The topological polar surface area (TPSA) is 121 Å². The molecule has 4 N–H and O–H groups in total. The Morgan fingerprint density at radius 1 is 1.16 bits per heavy atom. The number of carbonyl (C=O) groups excluding carboxylic acids is 1. The van der Waals surface area contributed by atoms with Crippen molar-refractivity contribution in [2.75, 3.05) is 5.32 Å². The molecule has 11 heteroatoms. The number of aromatic hydroxyl groups is 1. The van der Waals surface area contributed by atoms with Crippen LogP contribution in [-0.2, 0) is 24.2 Å². The van der Waals surface area contributed by atoms with E-state index in [2.05, 4.69) is 10.6 Å². The molecular weight excluding hydrogens is 508 g/mol. The Hall–Kier alpha value is -3.92. The number of fused-ring (bicyclic) bond motifs is 1. The fourth-order valence-corrected chi connectivity index (χ4v) is 4.89. The fourth-order valence-electron chi connectivity index (χ4n) is 4.61. The zero-order valence-corrected chi connectivity index (χ0v) is 20.5. The maximum atomic E-state index is 13.7. The summed E-state index contributed by atoms with van der Waals surface area (Å²) in [5.41, 5.74) is 1.59. The van der Waals surface area contributed by atoms with Gasteiger partial charge in [-0.05, 0) is 61.1 Å². The van der Waals surface area contributed by atoms with E-state index in [1.807, 2.05) is 13.0 Å². The molecule has 0 aliphatic heterocycles. The number of nitrogens with zero attached hydrogens (tertiary/aromatic N) is 1. The van der Waals surface area contributed by atoms with Crippen LogP contribution in [0.1, 0.15) is 46.8 Å². The monoisotopic (exact) mass is 531 g/mol. The SMILES string of the molecule is Cc1cccc(Cl)c1Cn1c2c(c(O)c(NC(=O)N[C@@H](CC(=O)O)c3cc(F)cc(F)c3)c1=O)CCC2. The fraction of sp³-hybridized carbons (Fsp3) is 0.269. The summed E-state index contributed by atoms with van der Waals surface area (Å²) < 4.78 is 28.9. The van der Waals surface area contributed by atoms with Gasteiger partial charge in [0.05, 0.1) is 19.0 Å². The summed E-state index contributed by atoms with van der Waals surface area (Å²) in [5.74, 6) is -3.58. The number of nitrogens with one attached hydrogen (secondary N) is 2. The van der Waals surface area contributed by atoms with Gasteiger partial charge in [-0.1, -0.05) is 23.7 Å². The molecule has 0 bridgehead atoms. The molecule has 1 aromatic heterocycles. The number of amides is 2. The Labute approximate surface area is 215 Å². The van der Waals surface area contributed by atoms with Gasteiger partial charge >= 0.3 is 12.0 Å². The zero-order chi connectivity index (χ0) is 26.9. The van der Waals surface area contributed by atoms with Crippen LogP contribution in [0.3, 0.4) is 0 Å². The Kier molecular flexibility index (Phi) is 7.49. The Balaban J connectivity index is 1.68. The van der Waals surface area contributed by atoms with Crippen LogP contribution in [0.2, 0.25) is 5.02 Å². The van der Waals surface area contributed by atoms with E-state index in [-0.39, 0.29) is 23.5 Å². The van der Waals surface area contributed by atoms with E-state index in [4.69, 9.17) is 11.6 Å². The molecule has 0 saturated carbocycles. The third-order valence-corrected chi connectivity index (χ3v) is 6.73. The number of aromatic nitrogens is 1. The molecule has 1 atom stereocenters. The number of halogens is 3. The van der Waals surface area contributed by atoms with E-state index in [1.165, 1.54) is 4.57 Å². The van der Waals surface area contributed by atoms with E-state index in [9.17, 15) is 33.4 Å². The Bertz CT molecular complexity index is 1420. The molecule has 0 spiro atoms. The summed E-state index contributed by atoms with van der Waals surface area (Å²) in [6.07, 6.45) is 1.07. The standard InChI is InChI=1S/C26H24ClF2N3O5/c1-13-4-2-6-19(27)18(13)12-32-21-7-3-5-17(21)24(35)23(25(32)36)31-26(37)30-20(11-22(33)34)14-8-15(28)10-16(29)9-14/h2,4,6,8-10,20,35H,3,5,7,11-12H2,1H3,(H,33,34)(H2,30,31,37)/t20-/m0/s1. The van der Waals surface area contributed by atoms with Gasteiger partial charge in [-0.15, -0.1) is 0 Å². The van der Waals surface area contributed by atoms with Crippen molar-refractivity contribution < 1.29 is 28.6 Å². The summed E-state index contributed by atoms with van der Waals surface area (Å²) in [6, 6.07) is 5.45. The predicted octanol–water partition coefficient (Wildman–Crippen LogP) is 4.67. The minimum Gasteiger partial charge on any atom is -0.505 e. The molecule has 0 fully saturated rings. The molecule has 4 rings (SSSR count). The average Bonchev–Trinajstić information content (AvgIpc) is 3.30. The minimum absolute atomic E-state index is 0.111. The van der Waals surface area contributed by atoms with Gasteiger partial charge in [0.15, 0.2) is 5.69 Å². The number of carbonyl (C=O) groups is 2. The first-order valence-electron chi connectivity index (χ1n) is 11.5. The van der Waals surface area contributed by atoms with Gasteiger partial charge in [0.1, 0.15) is 17.4 Å². The number of aliphatic carboxylic acids is 1. The molecule has 0 saturated heterocycles. The van der Waals surface area contributed by atoms with Gasteiger partial charge in [-0.3, -0.25) is 9.59 Å². The average molecular weight is 532 g/mol. The quantitative estimate of drug-likeness (QED) is 0.353. The normalized spacial score (nSPS) is 13.2. The van der Waals surface area contributed by atoms with Crippen LogP contribution >= 0.6 is 11.6 Å². The second kappa shape index (κ2) is 10.6. The number of urea groups is 1. The lowest BCUT2D eigenvalue weighted by atomic mass is 10.0. The Morgan fingerprint density at radius 3 is 2.51 bits per heavy atom. The van der Waals surface area contributed by atoms with Gasteiger partial charge in [0.25, 0.3) is 5.56 Å². The highest BCUT2D eigenvalue weighted by Crippen LogP contribution is 2.34. The van der Waals surface area contributed by atoms with Gasteiger partial charge in [0.2, 0.25) is 0 Å². The maximum Gasteiger partial charge on any atom is 0.319 e. The number of hydrogen-bond acceptors (Lipinski definition) is 4. The van der Waals surface area contributed by atoms with Crippen molar-refractivity contribution in [1.82, 2.24) is 9.88 Å². The highest BCUT2D eigenvalue weighted by molar-refractivity contribution is 6.31. The molecule has 8 nitrogen and oxygen atoms in total. The van der Waals surface area contributed by atoms with Gasteiger partial charge in [-0.2, -0.15) is 0 Å². The Morgan fingerprint density at radius 2 is 1.86 bits per heavy atom. The zero-order valence-electron chi connectivity index (χ0n) is 19.8. The van der Waals surface area contributed by atoms with Crippen LogP contribution in [0, 0.1) is 18.6 Å². The summed E-state index contributed by atoms with van der Waals surface area (Å²) in [6.45, 7) is 1.98. The van der Waals surface area contributed by atoms with Gasteiger partial charge in [-0.25, -0.2) is 13.6 Å². The number of benzene rings is 2. The highest BCUT2D eigenvalue weighted by atomic mass is 35.5. The van der Waals surface area contributed by atoms with Crippen molar-refractivity contribution in [2.24, 2.45) is 0 Å². The molecule has 37 heavy (non-hydrogen) atoms. The third-order valence-electron chi connectivity index (χ3n) is 6.38. The smallest absolute Gasteiger partial charge is 0.319 e. The lowest BCUT2D eigenvalue weighted by molar-refractivity contribution is -0.137. The molecule has 3 aromatic rings. The summed E-state index contributed by atoms with van der Waals surface area (Å²) in [5, 5.41) is 25.2. The van der Waals surface area contributed by atoms with Crippen molar-refractivity contribution >= 4 is 29.3 Å². The molecular formula is C26H24ClF2N3O5. The number of hydrogen-bond donors (Lipinski definition) is 4. The number of rotatable bonds is 7. The van der Waals surface area contributed by atoms with E-state index >= 15 is 0 Å². The highest BCUT2D eigenvalue weighted by Gasteiger charge is 2.27. The van der Waals surface area contributed by atoms with Crippen LogP contribution in [0.25, 0.3) is 0 Å². The molecule has 0 unspecified atom stereocenters. The summed E-state index contributed by atoms with van der Waals surface area (Å²) in [4.78, 5) is 37.6. The number of aryl methyl sites for hydroxylation is 1. The van der Waals surface area contributed by atoms with E-state index in [0.29, 0.717) is 41.6 Å². The first-order chi connectivity index (χ1) is 17.5.